The molecular weight excluding hydrogens is 174 g/mol. The molecule has 3 unspecified atom stereocenters. The number of carbonyl (C=O) groups is 1. The number of carbonyl (C=O) groups excluding carboxylic acids is 1. The third-order valence-electron chi connectivity index (χ3n) is 3.03. The summed E-state index contributed by atoms with van der Waals surface area (Å²) in [5, 5.41) is 2.72. The van der Waals surface area contributed by atoms with Gasteiger partial charge < -0.3 is 5.32 Å². The van der Waals surface area contributed by atoms with Crippen LogP contribution in [-0.2, 0) is 4.79 Å². The zero-order chi connectivity index (χ0) is 8.55. The van der Waals surface area contributed by atoms with E-state index in [2.05, 4.69) is 5.32 Å². The molecule has 2 fully saturated rings. The van der Waals surface area contributed by atoms with Crippen molar-refractivity contribution in [2.45, 2.75) is 43.5 Å². The lowest BCUT2D eigenvalue weighted by molar-refractivity contribution is -0.124. The maximum atomic E-state index is 11.2. The average Bonchev–Trinajstić information content (AvgIpc) is 2.07. The number of hydrogen-bond acceptors (Lipinski definition) is 1. The number of nitrogens with one attached hydrogen (secondary N) is 1. The zero-order valence-electron chi connectivity index (χ0n) is 7.05. The smallest absolute Gasteiger partial charge is 0.238 e. The number of hydrogen-bond donors (Lipinski definition) is 1. The van der Waals surface area contributed by atoms with Crippen LogP contribution in [0.4, 0.5) is 0 Å². The van der Waals surface area contributed by atoms with E-state index in [0.29, 0.717) is 12.0 Å². The van der Waals surface area contributed by atoms with E-state index in [1.165, 1.54) is 19.3 Å². The predicted octanol–water partition coefficient (Wildman–Crippen LogP) is 1.67. The highest BCUT2D eigenvalue weighted by atomic mass is 35.5. The Bertz CT molecular complexity index is 195. The third kappa shape index (κ3) is 1.45. The van der Waals surface area contributed by atoms with Crippen LogP contribution in [0.1, 0.15) is 32.1 Å². The first kappa shape index (κ1) is 8.36. The number of piperidine rings is 1. The summed E-state index contributed by atoms with van der Waals surface area (Å²) in [6.07, 6.45) is 5.85. The van der Waals surface area contributed by atoms with Gasteiger partial charge in [-0.1, -0.05) is 12.8 Å². The number of rotatable bonds is 0. The standard InChI is InChI=1S/C9H14ClNO/c10-7-5-6-3-1-2-4-8(6)11-9(7)12/h6-8H,1-5H2,(H,11,12). The first-order chi connectivity index (χ1) is 5.77. The summed E-state index contributed by atoms with van der Waals surface area (Å²) in [5.41, 5.74) is 0. The Labute approximate surface area is 77.7 Å². The third-order valence-corrected chi connectivity index (χ3v) is 3.41. The van der Waals surface area contributed by atoms with Crippen LogP contribution in [0, 0.1) is 5.92 Å². The van der Waals surface area contributed by atoms with Crippen molar-refractivity contribution < 1.29 is 4.79 Å². The highest BCUT2D eigenvalue weighted by Crippen LogP contribution is 2.32. The van der Waals surface area contributed by atoms with E-state index in [1.807, 2.05) is 0 Å². The fraction of sp³-hybridized carbons (Fsp3) is 0.889. The normalized spacial score (nSPS) is 41.8. The van der Waals surface area contributed by atoms with E-state index in [0.717, 1.165) is 12.8 Å². The molecule has 0 bridgehead atoms. The van der Waals surface area contributed by atoms with E-state index < -0.39 is 0 Å². The lowest BCUT2D eigenvalue weighted by Crippen LogP contribution is -2.51. The van der Waals surface area contributed by atoms with Crippen molar-refractivity contribution in [3.05, 3.63) is 0 Å². The highest BCUT2D eigenvalue weighted by molar-refractivity contribution is 6.30. The molecule has 0 radical (unpaired) electrons. The van der Waals surface area contributed by atoms with E-state index in [9.17, 15) is 4.79 Å². The van der Waals surface area contributed by atoms with Crippen molar-refractivity contribution in [3.63, 3.8) is 0 Å². The fourth-order valence-corrected chi connectivity index (χ4v) is 2.62. The molecule has 68 valence electrons. The first-order valence-corrected chi connectivity index (χ1v) is 5.15. The topological polar surface area (TPSA) is 29.1 Å². The molecule has 1 saturated heterocycles. The SMILES string of the molecule is O=C1NC2CCCCC2CC1Cl. The molecule has 0 aromatic rings. The zero-order valence-corrected chi connectivity index (χ0v) is 7.81. The van der Waals surface area contributed by atoms with Gasteiger partial charge in [0, 0.05) is 6.04 Å². The Kier molecular flexibility index (Phi) is 2.26. The largest absolute Gasteiger partial charge is 0.352 e. The van der Waals surface area contributed by atoms with Crippen molar-refractivity contribution in [1.82, 2.24) is 5.32 Å². The van der Waals surface area contributed by atoms with Crippen molar-refractivity contribution in [1.29, 1.82) is 0 Å². The van der Waals surface area contributed by atoms with E-state index in [1.54, 1.807) is 0 Å². The molecule has 1 saturated carbocycles. The maximum absolute atomic E-state index is 11.2. The van der Waals surface area contributed by atoms with Crippen LogP contribution in [-0.4, -0.2) is 17.3 Å². The molecule has 1 amide bonds. The van der Waals surface area contributed by atoms with Crippen molar-refractivity contribution >= 4 is 17.5 Å². The van der Waals surface area contributed by atoms with Crippen LogP contribution in [0.25, 0.3) is 0 Å². The Morgan fingerprint density at radius 2 is 2.08 bits per heavy atom. The molecule has 3 atom stereocenters. The van der Waals surface area contributed by atoms with Gasteiger partial charge in [0.2, 0.25) is 5.91 Å². The molecule has 2 aliphatic rings. The molecule has 2 nitrogen and oxygen atoms in total. The molecule has 2 rings (SSSR count). The summed E-state index contributed by atoms with van der Waals surface area (Å²) >= 11 is 5.87. The fourth-order valence-electron chi connectivity index (χ4n) is 2.33. The summed E-state index contributed by atoms with van der Waals surface area (Å²) < 4.78 is 0. The molecule has 1 heterocycles. The van der Waals surface area contributed by atoms with Gasteiger partial charge in [-0.15, -0.1) is 11.6 Å². The van der Waals surface area contributed by atoms with Crippen LogP contribution in [0.5, 0.6) is 0 Å². The van der Waals surface area contributed by atoms with Gasteiger partial charge >= 0.3 is 0 Å². The Balaban J connectivity index is 2.02. The van der Waals surface area contributed by atoms with Gasteiger partial charge in [0.05, 0.1) is 0 Å². The van der Waals surface area contributed by atoms with E-state index >= 15 is 0 Å². The Hall–Kier alpha value is -0.240. The summed E-state index contributed by atoms with van der Waals surface area (Å²) in [5.74, 6) is 0.693. The van der Waals surface area contributed by atoms with Gasteiger partial charge in [-0.25, -0.2) is 0 Å². The summed E-state index contributed by atoms with van der Waals surface area (Å²) in [4.78, 5) is 11.2. The molecule has 1 N–H and O–H groups in total. The number of halogens is 1. The molecule has 0 spiro atoms. The second-order valence-corrected chi connectivity index (χ2v) is 4.39. The highest BCUT2D eigenvalue weighted by Gasteiger charge is 2.35. The van der Waals surface area contributed by atoms with Crippen molar-refractivity contribution in [2.24, 2.45) is 5.92 Å². The van der Waals surface area contributed by atoms with Gasteiger partial charge in [-0.3, -0.25) is 4.79 Å². The Morgan fingerprint density at radius 1 is 1.33 bits per heavy atom. The van der Waals surface area contributed by atoms with Crippen molar-refractivity contribution in [3.8, 4) is 0 Å². The van der Waals surface area contributed by atoms with Gasteiger partial charge in [0.15, 0.2) is 0 Å². The molecular formula is C9H14ClNO. The lowest BCUT2D eigenvalue weighted by Gasteiger charge is -2.37. The number of amides is 1. The molecule has 3 heteroatoms. The summed E-state index contributed by atoms with van der Waals surface area (Å²) in [6.45, 7) is 0. The monoisotopic (exact) mass is 187 g/mol. The molecule has 0 aromatic carbocycles. The minimum absolute atomic E-state index is 0.0415. The predicted molar refractivity (Wildman–Crippen MR) is 48.1 cm³/mol. The number of fused-ring (bicyclic) bond motifs is 1. The number of alkyl halides is 1. The minimum Gasteiger partial charge on any atom is -0.352 e. The Morgan fingerprint density at radius 3 is 2.92 bits per heavy atom. The van der Waals surface area contributed by atoms with Crippen LogP contribution in [0.15, 0.2) is 0 Å². The molecule has 1 aliphatic carbocycles. The van der Waals surface area contributed by atoms with Gasteiger partial charge in [0.25, 0.3) is 0 Å². The molecule has 12 heavy (non-hydrogen) atoms. The van der Waals surface area contributed by atoms with Crippen LogP contribution in [0.3, 0.4) is 0 Å². The maximum Gasteiger partial charge on any atom is 0.238 e. The van der Waals surface area contributed by atoms with Crippen LogP contribution < -0.4 is 5.32 Å². The van der Waals surface area contributed by atoms with Crippen LogP contribution in [0.2, 0.25) is 0 Å². The summed E-state index contributed by atoms with van der Waals surface area (Å²) in [6, 6.07) is 0.432. The minimum atomic E-state index is -0.274. The van der Waals surface area contributed by atoms with Crippen molar-refractivity contribution in [2.75, 3.05) is 0 Å². The summed E-state index contributed by atoms with van der Waals surface area (Å²) in [7, 11) is 0. The van der Waals surface area contributed by atoms with Gasteiger partial charge in [-0.05, 0) is 25.2 Å². The second-order valence-electron chi connectivity index (χ2n) is 3.86. The second kappa shape index (κ2) is 3.25. The average molecular weight is 188 g/mol. The molecule has 0 aromatic heterocycles. The molecule has 1 aliphatic heterocycles. The quantitative estimate of drug-likeness (QED) is 0.575. The van der Waals surface area contributed by atoms with Gasteiger partial charge in [-0.2, -0.15) is 0 Å². The van der Waals surface area contributed by atoms with Crippen LogP contribution >= 0.6 is 11.6 Å². The van der Waals surface area contributed by atoms with E-state index in [4.69, 9.17) is 11.6 Å². The first-order valence-electron chi connectivity index (χ1n) is 4.72. The van der Waals surface area contributed by atoms with E-state index in [-0.39, 0.29) is 11.3 Å². The van der Waals surface area contributed by atoms with Gasteiger partial charge in [0.1, 0.15) is 5.38 Å². The lowest BCUT2D eigenvalue weighted by atomic mass is 9.79.